The quantitative estimate of drug-likeness (QED) is 0.750. The summed E-state index contributed by atoms with van der Waals surface area (Å²) < 4.78 is 0. The fourth-order valence-electron chi connectivity index (χ4n) is 4.32. The van der Waals surface area contributed by atoms with Crippen molar-refractivity contribution in [1.82, 2.24) is 15.3 Å². The summed E-state index contributed by atoms with van der Waals surface area (Å²) in [5, 5.41) is 3.25. The van der Waals surface area contributed by atoms with E-state index in [1.807, 2.05) is 6.07 Å². The van der Waals surface area contributed by atoms with Crippen molar-refractivity contribution in [1.29, 1.82) is 0 Å². The molecule has 2 aliphatic carbocycles. The van der Waals surface area contributed by atoms with Crippen LogP contribution in [0.4, 0.5) is 0 Å². The van der Waals surface area contributed by atoms with E-state index in [0.717, 1.165) is 35.9 Å². The summed E-state index contributed by atoms with van der Waals surface area (Å²) in [6.07, 6.45) is 9.18. The minimum Gasteiger partial charge on any atom is -0.353 e. The fraction of sp³-hybridized carbons (Fsp3) is 0.348. The van der Waals surface area contributed by atoms with E-state index in [0.29, 0.717) is 12.0 Å². The molecule has 1 amide bonds. The highest BCUT2D eigenvalue weighted by atomic mass is 16.2. The summed E-state index contributed by atoms with van der Waals surface area (Å²) in [6.45, 7) is 0. The van der Waals surface area contributed by atoms with E-state index in [4.69, 9.17) is 0 Å². The number of carbonyl (C=O) groups is 1. The highest BCUT2D eigenvalue weighted by molar-refractivity contribution is 5.84. The predicted octanol–water partition coefficient (Wildman–Crippen LogP) is 4.46. The van der Waals surface area contributed by atoms with Gasteiger partial charge in [0, 0.05) is 24.4 Å². The van der Waals surface area contributed by atoms with Crippen LogP contribution in [0.5, 0.6) is 0 Å². The van der Waals surface area contributed by atoms with E-state index in [1.54, 1.807) is 12.4 Å². The first-order valence-corrected chi connectivity index (χ1v) is 9.89. The first-order valence-electron chi connectivity index (χ1n) is 9.89. The Kier molecular flexibility index (Phi) is 4.12. The zero-order chi connectivity index (χ0) is 18.2. The molecule has 1 aromatic heterocycles. The Morgan fingerprint density at radius 2 is 1.70 bits per heavy atom. The van der Waals surface area contributed by atoms with Crippen molar-refractivity contribution in [3.05, 3.63) is 60.4 Å². The van der Waals surface area contributed by atoms with Gasteiger partial charge in [0.15, 0.2) is 0 Å². The Morgan fingerprint density at radius 1 is 0.926 bits per heavy atom. The molecule has 0 saturated heterocycles. The van der Waals surface area contributed by atoms with Gasteiger partial charge in [-0.2, -0.15) is 0 Å². The average molecular weight is 357 g/mol. The van der Waals surface area contributed by atoms with Crippen LogP contribution in [0.3, 0.4) is 0 Å². The number of aromatic nitrogens is 2. The average Bonchev–Trinajstić information content (AvgIpc) is 3.37. The predicted molar refractivity (Wildman–Crippen MR) is 106 cm³/mol. The summed E-state index contributed by atoms with van der Waals surface area (Å²) in [5.41, 5.74) is 5.38. The molecule has 136 valence electrons. The molecular weight excluding hydrogens is 334 g/mol. The molecule has 27 heavy (non-hydrogen) atoms. The van der Waals surface area contributed by atoms with Crippen LogP contribution in [-0.2, 0) is 4.79 Å². The molecule has 0 bridgehead atoms. The van der Waals surface area contributed by atoms with Gasteiger partial charge in [-0.1, -0.05) is 43.2 Å². The van der Waals surface area contributed by atoms with E-state index in [9.17, 15) is 4.79 Å². The molecule has 1 heterocycles. The SMILES string of the molecule is O=C(NC1CCCC1)[C@@H]1C[C@H]1c1cccc(-c2ccc3nccnc3c2)c1. The van der Waals surface area contributed by atoms with E-state index in [2.05, 4.69) is 51.7 Å². The number of fused-ring (bicyclic) bond motifs is 1. The Balaban J connectivity index is 1.34. The molecular formula is C23H23N3O. The van der Waals surface area contributed by atoms with Crippen molar-refractivity contribution < 1.29 is 4.79 Å². The van der Waals surface area contributed by atoms with Crippen LogP contribution in [0.15, 0.2) is 54.9 Å². The van der Waals surface area contributed by atoms with E-state index >= 15 is 0 Å². The normalized spacial score (nSPS) is 22.1. The summed E-state index contributed by atoms with van der Waals surface area (Å²) in [7, 11) is 0. The van der Waals surface area contributed by atoms with E-state index in [1.165, 1.54) is 24.0 Å². The second kappa shape index (κ2) is 6.76. The molecule has 2 fully saturated rings. The Morgan fingerprint density at radius 3 is 2.56 bits per heavy atom. The number of nitrogens with zero attached hydrogens (tertiary/aromatic N) is 2. The molecule has 2 saturated carbocycles. The maximum atomic E-state index is 12.5. The summed E-state index contributed by atoms with van der Waals surface area (Å²) in [5.74, 6) is 0.744. The highest BCUT2D eigenvalue weighted by Gasteiger charge is 2.44. The number of hydrogen-bond donors (Lipinski definition) is 1. The number of carbonyl (C=O) groups excluding carboxylic acids is 1. The zero-order valence-corrected chi connectivity index (χ0v) is 15.3. The van der Waals surface area contributed by atoms with Crippen LogP contribution in [0.2, 0.25) is 0 Å². The molecule has 0 unspecified atom stereocenters. The molecule has 4 nitrogen and oxygen atoms in total. The second-order valence-corrected chi connectivity index (χ2v) is 7.82. The number of rotatable bonds is 4. The van der Waals surface area contributed by atoms with Crippen molar-refractivity contribution in [3.8, 4) is 11.1 Å². The Labute approximate surface area is 159 Å². The molecule has 2 atom stereocenters. The van der Waals surface area contributed by atoms with Gasteiger partial charge in [-0.05, 0) is 54.0 Å². The molecule has 0 aliphatic heterocycles. The van der Waals surface area contributed by atoms with Crippen molar-refractivity contribution in [2.45, 2.75) is 44.1 Å². The second-order valence-electron chi connectivity index (χ2n) is 7.82. The van der Waals surface area contributed by atoms with Crippen LogP contribution < -0.4 is 5.32 Å². The van der Waals surface area contributed by atoms with Crippen molar-refractivity contribution in [3.63, 3.8) is 0 Å². The fourth-order valence-corrected chi connectivity index (χ4v) is 4.32. The molecule has 4 heteroatoms. The van der Waals surface area contributed by atoms with Gasteiger partial charge in [-0.15, -0.1) is 0 Å². The summed E-state index contributed by atoms with van der Waals surface area (Å²) in [4.78, 5) is 21.3. The van der Waals surface area contributed by atoms with Gasteiger partial charge in [-0.3, -0.25) is 14.8 Å². The van der Waals surface area contributed by atoms with Gasteiger partial charge in [0.25, 0.3) is 0 Å². The van der Waals surface area contributed by atoms with Gasteiger partial charge in [-0.25, -0.2) is 0 Å². The standard InChI is InChI=1S/C23H23N3O/c27-23(26-18-6-1-2-7-18)20-14-19(20)17-5-3-4-15(12-17)16-8-9-21-22(13-16)25-11-10-24-21/h3-5,8-13,18-20H,1-2,6-7,14H2,(H,26,27)/t19-,20+/m0/s1. The zero-order valence-electron chi connectivity index (χ0n) is 15.3. The highest BCUT2D eigenvalue weighted by Crippen LogP contribution is 2.48. The molecule has 2 aliphatic rings. The largest absolute Gasteiger partial charge is 0.353 e. The smallest absolute Gasteiger partial charge is 0.223 e. The first-order chi connectivity index (χ1) is 13.3. The third kappa shape index (κ3) is 3.32. The third-order valence-corrected chi connectivity index (χ3v) is 5.95. The third-order valence-electron chi connectivity index (χ3n) is 5.95. The minimum absolute atomic E-state index is 0.142. The lowest BCUT2D eigenvalue weighted by molar-refractivity contribution is -0.123. The van der Waals surface area contributed by atoms with E-state index < -0.39 is 0 Å². The topological polar surface area (TPSA) is 54.9 Å². The lowest BCUT2D eigenvalue weighted by Crippen LogP contribution is -2.34. The van der Waals surface area contributed by atoms with Crippen LogP contribution in [0, 0.1) is 5.92 Å². The lowest BCUT2D eigenvalue weighted by atomic mass is 10.00. The van der Waals surface area contributed by atoms with Crippen LogP contribution in [0.25, 0.3) is 22.2 Å². The lowest BCUT2D eigenvalue weighted by Gasteiger charge is -2.12. The molecule has 0 radical (unpaired) electrons. The van der Waals surface area contributed by atoms with Gasteiger partial charge in [0.1, 0.15) is 0 Å². The van der Waals surface area contributed by atoms with Gasteiger partial charge >= 0.3 is 0 Å². The van der Waals surface area contributed by atoms with Crippen molar-refractivity contribution in [2.24, 2.45) is 5.92 Å². The molecule has 2 aromatic carbocycles. The van der Waals surface area contributed by atoms with Gasteiger partial charge in [0.05, 0.1) is 11.0 Å². The van der Waals surface area contributed by atoms with Gasteiger partial charge < -0.3 is 5.32 Å². The van der Waals surface area contributed by atoms with Crippen molar-refractivity contribution >= 4 is 16.9 Å². The van der Waals surface area contributed by atoms with Crippen LogP contribution in [-0.4, -0.2) is 21.9 Å². The Bertz CT molecular complexity index is 994. The van der Waals surface area contributed by atoms with Crippen LogP contribution in [0.1, 0.15) is 43.6 Å². The molecule has 1 N–H and O–H groups in total. The first kappa shape index (κ1) is 16.4. The minimum atomic E-state index is 0.142. The monoisotopic (exact) mass is 357 g/mol. The maximum Gasteiger partial charge on any atom is 0.223 e. The molecule has 0 spiro atoms. The number of nitrogens with one attached hydrogen (secondary N) is 1. The maximum absolute atomic E-state index is 12.5. The number of amides is 1. The summed E-state index contributed by atoms with van der Waals surface area (Å²) >= 11 is 0. The van der Waals surface area contributed by atoms with Crippen molar-refractivity contribution in [2.75, 3.05) is 0 Å². The summed E-state index contributed by atoms with van der Waals surface area (Å²) in [6, 6.07) is 15.2. The number of benzene rings is 2. The van der Waals surface area contributed by atoms with Gasteiger partial charge in [0.2, 0.25) is 5.91 Å². The number of hydrogen-bond acceptors (Lipinski definition) is 3. The molecule has 5 rings (SSSR count). The van der Waals surface area contributed by atoms with E-state index in [-0.39, 0.29) is 11.8 Å². The molecule has 3 aromatic rings. The Hall–Kier alpha value is -2.75. The van der Waals surface area contributed by atoms with Crippen LogP contribution >= 0.6 is 0 Å².